The highest BCUT2D eigenvalue weighted by molar-refractivity contribution is 7.14. The molecule has 7 heteroatoms. The fourth-order valence-electron chi connectivity index (χ4n) is 3.95. The van der Waals surface area contributed by atoms with E-state index < -0.39 is 28.9 Å². The van der Waals surface area contributed by atoms with Crippen LogP contribution in [-0.2, 0) is 6.42 Å². The number of rotatable bonds is 5. The van der Waals surface area contributed by atoms with Crippen molar-refractivity contribution in [2.24, 2.45) is 0 Å². The predicted molar refractivity (Wildman–Crippen MR) is 124 cm³/mol. The number of aryl methyl sites for hydroxylation is 1. The molecule has 0 bridgehead atoms. The van der Waals surface area contributed by atoms with E-state index in [0.29, 0.717) is 17.8 Å². The standard InChI is InChI=1S/C25H23F3N2OS/c1-3-16-9-11-32-25(16)30-10-8-15(2)20(14-30)17-4-6-19(7-5-17)29-24(31)23-21(27)12-18(26)13-22(23)28/h4-7,9,11-13H,3,8,10,14H2,1-2H3,(H,29,31). The van der Waals surface area contributed by atoms with Crippen molar-refractivity contribution in [1.29, 1.82) is 0 Å². The van der Waals surface area contributed by atoms with Gasteiger partial charge in [-0.3, -0.25) is 4.79 Å². The maximum Gasteiger partial charge on any atom is 0.261 e. The monoisotopic (exact) mass is 456 g/mol. The van der Waals surface area contributed by atoms with Crippen molar-refractivity contribution in [1.82, 2.24) is 0 Å². The SMILES string of the molecule is CCc1ccsc1N1CCC(C)=C(c2ccc(NC(=O)c3c(F)cc(F)cc3F)cc2)C1. The summed E-state index contributed by atoms with van der Waals surface area (Å²) in [5.41, 5.74) is 4.55. The number of hydrogen-bond acceptors (Lipinski definition) is 3. The zero-order chi connectivity index (χ0) is 22.8. The van der Waals surface area contributed by atoms with E-state index in [1.807, 2.05) is 12.1 Å². The van der Waals surface area contributed by atoms with E-state index in [0.717, 1.165) is 31.5 Å². The van der Waals surface area contributed by atoms with Gasteiger partial charge in [-0.15, -0.1) is 11.3 Å². The van der Waals surface area contributed by atoms with Gasteiger partial charge in [0.2, 0.25) is 0 Å². The van der Waals surface area contributed by atoms with Crippen LogP contribution in [0.2, 0.25) is 0 Å². The van der Waals surface area contributed by atoms with Crippen LogP contribution >= 0.6 is 11.3 Å². The zero-order valence-electron chi connectivity index (χ0n) is 17.8. The second kappa shape index (κ2) is 9.20. The number of anilines is 2. The number of halogens is 3. The summed E-state index contributed by atoms with van der Waals surface area (Å²) in [6, 6.07) is 10.3. The molecular weight excluding hydrogens is 433 g/mol. The molecule has 1 amide bonds. The fourth-order valence-corrected chi connectivity index (χ4v) is 4.98. The van der Waals surface area contributed by atoms with Crippen LogP contribution in [0.5, 0.6) is 0 Å². The van der Waals surface area contributed by atoms with Gasteiger partial charge in [0.1, 0.15) is 23.0 Å². The maximum atomic E-state index is 13.9. The molecule has 32 heavy (non-hydrogen) atoms. The van der Waals surface area contributed by atoms with Crippen molar-refractivity contribution in [2.45, 2.75) is 26.7 Å². The summed E-state index contributed by atoms with van der Waals surface area (Å²) in [4.78, 5) is 14.7. The summed E-state index contributed by atoms with van der Waals surface area (Å²) in [5.74, 6) is -4.50. The van der Waals surface area contributed by atoms with Crippen molar-refractivity contribution in [3.63, 3.8) is 0 Å². The van der Waals surface area contributed by atoms with E-state index in [1.165, 1.54) is 21.7 Å². The lowest BCUT2D eigenvalue weighted by Gasteiger charge is -2.32. The third kappa shape index (κ3) is 4.43. The van der Waals surface area contributed by atoms with Crippen LogP contribution in [0.15, 0.2) is 53.4 Å². The first-order valence-electron chi connectivity index (χ1n) is 10.4. The Morgan fingerprint density at radius 3 is 2.44 bits per heavy atom. The van der Waals surface area contributed by atoms with Crippen LogP contribution in [0.4, 0.5) is 23.9 Å². The maximum absolute atomic E-state index is 13.9. The Morgan fingerprint density at radius 2 is 1.78 bits per heavy atom. The van der Waals surface area contributed by atoms with Gasteiger partial charge in [0.05, 0.1) is 5.00 Å². The fraction of sp³-hybridized carbons (Fsp3) is 0.240. The van der Waals surface area contributed by atoms with Crippen LogP contribution in [-0.4, -0.2) is 19.0 Å². The minimum Gasteiger partial charge on any atom is -0.359 e. The van der Waals surface area contributed by atoms with Gasteiger partial charge in [-0.05, 0) is 60.0 Å². The molecule has 2 aromatic carbocycles. The third-order valence-electron chi connectivity index (χ3n) is 5.74. The molecule has 0 atom stereocenters. The molecule has 4 rings (SSSR count). The molecule has 0 radical (unpaired) electrons. The van der Waals surface area contributed by atoms with E-state index >= 15 is 0 Å². The second-order valence-electron chi connectivity index (χ2n) is 7.81. The van der Waals surface area contributed by atoms with E-state index in [2.05, 4.69) is 35.5 Å². The van der Waals surface area contributed by atoms with E-state index in [1.54, 1.807) is 23.5 Å². The van der Waals surface area contributed by atoms with Crippen LogP contribution in [0, 0.1) is 17.5 Å². The molecule has 0 saturated carbocycles. The lowest BCUT2D eigenvalue weighted by molar-refractivity contribution is 0.101. The summed E-state index contributed by atoms with van der Waals surface area (Å²) >= 11 is 1.76. The van der Waals surface area contributed by atoms with E-state index in [9.17, 15) is 18.0 Å². The van der Waals surface area contributed by atoms with Crippen molar-refractivity contribution >= 4 is 33.5 Å². The number of carbonyl (C=O) groups is 1. The number of thiophene rings is 1. The average Bonchev–Trinajstić information content (AvgIpc) is 3.23. The second-order valence-corrected chi connectivity index (χ2v) is 8.71. The van der Waals surface area contributed by atoms with Gasteiger partial charge < -0.3 is 10.2 Å². The molecule has 1 N–H and O–H groups in total. The van der Waals surface area contributed by atoms with Gasteiger partial charge in [0.25, 0.3) is 5.91 Å². The largest absolute Gasteiger partial charge is 0.359 e. The lowest BCUT2D eigenvalue weighted by Crippen LogP contribution is -2.30. The first-order chi connectivity index (χ1) is 15.4. The molecular formula is C25H23F3N2OS. The highest BCUT2D eigenvalue weighted by Crippen LogP contribution is 2.35. The van der Waals surface area contributed by atoms with Crippen LogP contribution in [0.3, 0.4) is 0 Å². The Kier molecular flexibility index (Phi) is 6.37. The van der Waals surface area contributed by atoms with Gasteiger partial charge in [-0.2, -0.15) is 0 Å². The van der Waals surface area contributed by atoms with Gasteiger partial charge in [-0.25, -0.2) is 13.2 Å². The molecule has 3 aromatic rings. The van der Waals surface area contributed by atoms with E-state index in [4.69, 9.17) is 0 Å². The third-order valence-corrected chi connectivity index (χ3v) is 6.75. The minimum absolute atomic E-state index is 0.402. The molecule has 0 unspecified atom stereocenters. The van der Waals surface area contributed by atoms with Crippen molar-refractivity contribution in [3.05, 3.63) is 87.6 Å². The Bertz CT molecular complexity index is 1160. The smallest absolute Gasteiger partial charge is 0.261 e. The van der Waals surface area contributed by atoms with Gasteiger partial charge in [0.15, 0.2) is 0 Å². The molecule has 0 spiro atoms. The molecule has 1 aliphatic rings. The topological polar surface area (TPSA) is 32.3 Å². The molecule has 166 valence electrons. The highest BCUT2D eigenvalue weighted by atomic mass is 32.1. The van der Waals surface area contributed by atoms with Gasteiger partial charge in [-0.1, -0.05) is 24.6 Å². The molecule has 3 nitrogen and oxygen atoms in total. The summed E-state index contributed by atoms with van der Waals surface area (Å²) in [6.45, 7) is 6.08. The Labute approximate surface area is 189 Å². The van der Waals surface area contributed by atoms with Crippen LogP contribution < -0.4 is 10.2 Å². The summed E-state index contributed by atoms with van der Waals surface area (Å²) in [5, 5.41) is 5.92. The quantitative estimate of drug-likeness (QED) is 0.465. The molecule has 0 fully saturated rings. The molecule has 1 aromatic heterocycles. The van der Waals surface area contributed by atoms with Crippen molar-refractivity contribution < 1.29 is 18.0 Å². The Balaban J connectivity index is 1.51. The van der Waals surface area contributed by atoms with Gasteiger partial charge >= 0.3 is 0 Å². The predicted octanol–water partition coefficient (Wildman–Crippen LogP) is 6.66. The summed E-state index contributed by atoms with van der Waals surface area (Å²) in [6.07, 6.45) is 1.97. The van der Waals surface area contributed by atoms with Crippen molar-refractivity contribution in [2.75, 3.05) is 23.3 Å². The zero-order valence-corrected chi connectivity index (χ0v) is 18.7. The lowest BCUT2D eigenvalue weighted by atomic mass is 9.94. The number of nitrogens with zero attached hydrogens (tertiary/aromatic N) is 1. The first-order valence-corrected chi connectivity index (χ1v) is 11.3. The number of carbonyl (C=O) groups excluding carboxylic acids is 1. The highest BCUT2D eigenvalue weighted by Gasteiger charge is 2.22. The van der Waals surface area contributed by atoms with Crippen molar-refractivity contribution in [3.8, 4) is 0 Å². The molecule has 0 aliphatic carbocycles. The minimum atomic E-state index is -1.24. The average molecular weight is 457 g/mol. The van der Waals surface area contributed by atoms with Crippen LogP contribution in [0.25, 0.3) is 5.57 Å². The normalized spacial score (nSPS) is 14.1. The van der Waals surface area contributed by atoms with Gasteiger partial charge in [0, 0.05) is 30.9 Å². The summed E-state index contributed by atoms with van der Waals surface area (Å²) < 4.78 is 40.8. The number of hydrogen-bond donors (Lipinski definition) is 1. The molecule has 2 heterocycles. The summed E-state index contributed by atoms with van der Waals surface area (Å²) in [7, 11) is 0. The van der Waals surface area contributed by atoms with E-state index in [-0.39, 0.29) is 0 Å². The Hall–Kier alpha value is -3.06. The number of nitrogens with one attached hydrogen (secondary N) is 1. The number of benzene rings is 2. The van der Waals surface area contributed by atoms with Crippen LogP contribution in [0.1, 0.15) is 41.8 Å². The first kappa shape index (κ1) is 22.1. The molecule has 1 aliphatic heterocycles. The molecule has 0 saturated heterocycles. The number of amides is 1. The Morgan fingerprint density at radius 1 is 1.09 bits per heavy atom.